The first-order chi connectivity index (χ1) is 6.70. The van der Waals surface area contributed by atoms with Gasteiger partial charge in [-0.05, 0) is 37.0 Å². The summed E-state index contributed by atoms with van der Waals surface area (Å²) in [6, 6.07) is 0. The maximum atomic E-state index is 11.0. The van der Waals surface area contributed by atoms with Crippen molar-refractivity contribution in [2.45, 2.75) is 38.2 Å². The highest BCUT2D eigenvalue weighted by molar-refractivity contribution is 5.69. The van der Waals surface area contributed by atoms with Crippen LogP contribution in [-0.2, 0) is 9.53 Å². The predicted molar refractivity (Wildman–Crippen MR) is 51.6 cm³/mol. The number of hydrogen-bond donors (Lipinski definition) is 1. The SMILES string of the molecule is COC(=O)CC(O)C1CC2CCC1C2. The zero-order chi connectivity index (χ0) is 10.1. The van der Waals surface area contributed by atoms with E-state index < -0.39 is 6.10 Å². The van der Waals surface area contributed by atoms with Crippen molar-refractivity contribution in [1.82, 2.24) is 0 Å². The Hall–Kier alpha value is -0.570. The average Bonchev–Trinajstić information content (AvgIpc) is 2.78. The van der Waals surface area contributed by atoms with Crippen LogP contribution in [0.4, 0.5) is 0 Å². The fourth-order valence-corrected chi connectivity index (χ4v) is 3.17. The molecule has 2 aliphatic carbocycles. The Balaban J connectivity index is 1.86. The molecule has 14 heavy (non-hydrogen) atoms. The molecule has 3 nitrogen and oxygen atoms in total. The number of aliphatic hydroxyl groups excluding tert-OH is 1. The van der Waals surface area contributed by atoms with Gasteiger partial charge >= 0.3 is 5.97 Å². The predicted octanol–water partition coefficient (Wildman–Crippen LogP) is 1.35. The highest BCUT2D eigenvalue weighted by atomic mass is 16.5. The van der Waals surface area contributed by atoms with Crippen molar-refractivity contribution in [2.24, 2.45) is 17.8 Å². The van der Waals surface area contributed by atoms with Crippen molar-refractivity contribution in [3.8, 4) is 0 Å². The van der Waals surface area contributed by atoms with Crippen molar-refractivity contribution < 1.29 is 14.6 Å². The van der Waals surface area contributed by atoms with Crippen LogP contribution in [0.15, 0.2) is 0 Å². The summed E-state index contributed by atoms with van der Waals surface area (Å²) in [7, 11) is 1.37. The van der Waals surface area contributed by atoms with Gasteiger partial charge in [-0.15, -0.1) is 0 Å². The molecule has 0 saturated heterocycles. The Labute approximate surface area is 84.4 Å². The van der Waals surface area contributed by atoms with Gasteiger partial charge in [0.1, 0.15) is 0 Å². The topological polar surface area (TPSA) is 46.5 Å². The third kappa shape index (κ3) is 1.78. The van der Waals surface area contributed by atoms with E-state index in [1.807, 2.05) is 0 Å². The fraction of sp³-hybridized carbons (Fsp3) is 0.909. The first-order valence-corrected chi connectivity index (χ1v) is 5.45. The number of hydrogen-bond acceptors (Lipinski definition) is 3. The molecule has 0 aromatic heterocycles. The minimum atomic E-state index is -0.474. The van der Waals surface area contributed by atoms with E-state index in [1.54, 1.807) is 0 Å². The van der Waals surface area contributed by atoms with Crippen LogP contribution in [-0.4, -0.2) is 24.3 Å². The van der Waals surface area contributed by atoms with E-state index in [1.165, 1.54) is 26.4 Å². The normalized spacial score (nSPS) is 37.1. The first-order valence-electron chi connectivity index (χ1n) is 5.45. The highest BCUT2D eigenvalue weighted by Gasteiger charge is 2.43. The summed E-state index contributed by atoms with van der Waals surface area (Å²) in [4.78, 5) is 11.0. The molecule has 0 spiro atoms. The number of carbonyl (C=O) groups excluding carboxylic acids is 1. The summed E-state index contributed by atoms with van der Waals surface area (Å²) in [6.45, 7) is 0. The number of methoxy groups -OCH3 is 1. The van der Waals surface area contributed by atoms with E-state index in [-0.39, 0.29) is 12.4 Å². The third-order valence-corrected chi connectivity index (χ3v) is 3.89. The molecule has 2 rings (SSSR count). The molecule has 0 aromatic carbocycles. The zero-order valence-corrected chi connectivity index (χ0v) is 8.61. The summed E-state index contributed by atoms with van der Waals surface area (Å²) in [5.41, 5.74) is 0. The van der Waals surface area contributed by atoms with Gasteiger partial charge in [0.2, 0.25) is 0 Å². The van der Waals surface area contributed by atoms with Gasteiger partial charge in [-0.25, -0.2) is 0 Å². The minimum absolute atomic E-state index is 0.171. The number of fused-ring (bicyclic) bond motifs is 2. The number of esters is 1. The Kier molecular flexibility index (Phi) is 2.77. The van der Waals surface area contributed by atoms with Crippen molar-refractivity contribution >= 4 is 5.97 Å². The van der Waals surface area contributed by atoms with Crippen molar-refractivity contribution in [3.05, 3.63) is 0 Å². The van der Waals surface area contributed by atoms with Gasteiger partial charge in [-0.3, -0.25) is 4.79 Å². The van der Waals surface area contributed by atoms with Crippen LogP contribution in [0.3, 0.4) is 0 Å². The van der Waals surface area contributed by atoms with E-state index in [9.17, 15) is 9.90 Å². The molecule has 2 fully saturated rings. The van der Waals surface area contributed by atoms with Gasteiger partial charge in [-0.1, -0.05) is 6.42 Å². The molecule has 0 radical (unpaired) electrons. The monoisotopic (exact) mass is 198 g/mol. The summed E-state index contributed by atoms with van der Waals surface area (Å²) in [6.07, 6.45) is 4.65. The number of rotatable bonds is 3. The van der Waals surface area contributed by atoms with Gasteiger partial charge in [0.05, 0.1) is 19.6 Å². The van der Waals surface area contributed by atoms with Gasteiger partial charge in [0.15, 0.2) is 0 Å². The lowest BCUT2D eigenvalue weighted by atomic mass is 9.83. The summed E-state index contributed by atoms with van der Waals surface area (Å²) < 4.78 is 4.56. The highest BCUT2D eigenvalue weighted by Crippen LogP contribution is 2.49. The molecule has 2 aliphatic rings. The third-order valence-electron chi connectivity index (χ3n) is 3.89. The maximum absolute atomic E-state index is 11.0. The van der Waals surface area contributed by atoms with Crippen LogP contribution in [0.25, 0.3) is 0 Å². The van der Waals surface area contributed by atoms with E-state index >= 15 is 0 Å². The molecule has 0 heterocycles. The average molecular weight is 198 g/mol. The van der Waals surface area contributed by atoms with Gasteiger partial charge in [0.25, 0.3) is 0 Å². The molecule has 4 atom stereocenters. The van der Waals surface area contributed by atoms with Crippen LogP contribution < -0.4 is 0 Å². The van der Waals surface area contributed by atoms with Crippen LogP contribution >= 0.6 is 0 Å². The largest absolute Gasteiger partial charge is 0.469 e. The lowest BCUT2D eigenvalue weighted by molar-refractivity contribution is -0.143. The molecular weight excluding hydrogens is 180 g/mol. The molecule has 4 unspecified atom stereocenters. The minimum Gasteiger partial charge on any atom is -0.469 e. The number of ether oxygens (including phenoxy) is 1. The molecule has 0 aliphatic heterocycles. The first kappa shape index (κ1) is 9.97. The maximum Gasteiger partial charge on any atom is 0.308 e. The molecule has 0 aromatic rings. The van der Waals surface area contributed by atoms with E-state index in [0.29, 0.717) is 11.8 Å². The van der Waals surface area contributed by atoms with E-state index in [2.05, 4.69) is 4.74 Å². The van der Waals surface area contributed by atoms with Gasteiger partial charge < -0.3 is 9.84 Å². The van der Waals surface area contributed by atoms with Crippen LogP contribution in [0.1, 0.15) is 32.1 Å². The van der Waals surface area contributed by atoms with E-state index in [4.69, 9.17) is 0 Å². The van der Waals surface area contributed by atoms with Gasteiger partial charge in [-0.2, -0.15) is 0 Å². The quantitative estimate of drug-likeness (QED) is 0.696. The van der Waals surface area contributed by atoms with Crippen molar-refractivity contribution in [1.29, 1.82) is 0 Å². The van der Waals surface area contributed by atoms with Crippen LogP contribution in [0, 0.1) is 17.8 Å². The molecule has 2 saturated carbocycles. The molecule has 0 amide bonds. The molecule has 3 heteroatoms. The van der Waals surface area contributed by atoms with Crippen LogP contribution in [0.2, 0.25) is 0 Å². The second-order valence-electron chi connectivity index (χ2n) is 4.69. The fourth-order valence-electron chi connectivity index (χ4n) is 3.17. The van der Waals surface area contributed by atoms with Crippen LogP contribution in [0.5, 0.6) is 0 Å². The van der Waals surface area contributed by atoms with Gasteiger partial charge in [0, 0.05) is 0 Å². The summed E-state index contributed by atoms with van der Waals surface area (Å²) >= 11 is 0. The Morgan fingerprint density at radius 2 is 2.29 bits per heavy atom. The van der Waals surface area contributed by atoms with E-state index in [0.717, 1.165) is 12.3 Å². The molecule has 2 bridgehead atoms. The summed E-state index contributed by atoms with van der Waals surface area (Å²) in [5.74, 6) is 1.55. The number of aliphatic hydroxyl groups is 1. The standard InChI is InChI=1S/C11H18O3/c1-14-11(13)6-10(12)9-5-7-2-3-8(9)4-7/h7-10,12H,2-6H2,1H3. The second-order valence-corrected chi connectivity index (χ2v) is 4.69. The number of carbonyl (C=O) groups is 1. The lowest BCUT2D eigenvalue weighted by Crippen LogP contribution is -2.28. The Morgan fingerprint density at radius 1 is 1.50 bits per heavy atom. The van der Waals surface area contributed by atoms with Crippen molar-refractivity contribution in [3.63, 3.8) is 0 Å². The second kappa shape index (κ2) is 3.89. The van der Waals surface area contributed by atoms with Crippen molar-refractivity contribution in [2.75, 3.05) is 7.11 Å². The lowest BCUT2D eigenvalue weighted by Gasteiger charge is -2.25. The smallest absolute Gasteiger partial charge is 0.308 e. The summed E-state index contributed by atoms with van der Waals surface area (Å²) in [5, 5.41) is 9.87. The Bertz CT molecular complexity index is 227. The molecule has 80 valence electrons. The Morgan fingerprint density at radius 3 is 2.79 bits per heavy atom. The molecule has 1 N–H and O–H groups in total. The zero-order valence-electron chi connectivity index (χ0n) is 8.61. The molecular formula is C11H18O3.